The summed E-state index contributed by atoms with van der Waals surface area (Å²) < 4.78 is 46.5. The van der Waals surface area contributed by atoms with Crippen LogP contribution in [-0.4, -0.2) is 34.6 Å². The minimum absolute atomic E-state index is 0.0363. The summed E-state index contributed by atoms with van der Waals surface area (Å²) in [5.41, 5.74) is -1.25. The Morgan fingerprint density at radius 3 is 2.53 bits per heavy atom. The van der Waals surface area contributed by atoms with Crippen molar-refractivity contribution in [2.45, 2.75) is 25.6 Å². The molecule has 0 bridgehead atoms. The Hall–Kier alpha value is -2.97. The van der Waals surface area contributed by atoms with E-state index >= 15 is 0 Å². The second-order valence-electron chi connectivity index (χ2n) is 7.93. The molecule has 1 atom stereocenters. The predicted octanol–water partition coefficient (Wildman–Crippen LogP) is 5.77. The van der Waals surface area contributed by atoms with E-state index in [0.717, 1.165) is 16.7 Å². The van der Waals surface area contributed by atoms with Crippen LogP contribution in [0, 0.1) is 6.92 Å². The van der Waals surface area contributed by atoms with Gasteiger partial charge in [-0.3, -0.25) is 14.2 Å². The second kappa shape index (κ2) is 9.35. The van der Waals surface area contributed by atoms with Crippen molar-refractivity contribution in [2.24, 2.45) is 0 Å². The molecule has 0 aliphatic carbocycles. The summed E-state index contributed by atoms with van der Waals surface area (Å²) >= 11 is 11.9. The molecule has 2 heterocycles. The number of halogens is 5. The van der Waals surface area contributed by atoms with E-state index in [-0.39, 0.29) is 23.9 Å². The number of hydrogen-bond acceptors (Lipinski definition) is 3. The largest absolute Gasteiger partial charge is 0.488 e. The highest BCUT2D eigenvalue weighted by Gasteiger charge is 2.32. The SMILES string of the molecule is Cc1ccc(C(=O)N2CCC(Oc3ccc(Cl)c(Cl)c3)C2)c(=O)n1-c1cccc(C(F)(F)F)c1. The zero-order valence-corrected chi connectivity index (χ0v) is 19.4. The Morgan fingerprint density at radius 1 is 1.06 bits per heavy atom. The molecule has 0 N–H and O–H groups in total. The molecule has 5 nitrogen and oxygen atoms in total. The molecular formula is C24H19Cl2F3N2O3. The summed E-state index contributed by atoms with van der Waals surface area (Å²) in [6.45, 7) is 2.20. The monoisotopic (exact) mass is 510 g/mol. The topological polar surface area (TPSA) is 51.5 Å². The molecule has 10 heteroatoms. The lowest BCUT2D eigenvalue weighted by molar-refractivity contribution is -0.137. The minimum Gasteiger partial charge on any atom is -0.488 e. The molecule has 4 rings (SSSR count). The van der Waals surface area contributed by atoms with Crippen molar-refractivity contribution in [1.29, 1.82) is 0 Å². The van der Waals surface area contributed by atoms with E-state index < -0.39 is 23.2 Å². The zero-order valence-electron chi connectivity index (χ0n) is 17.9. The van der Waals surface area contributed by atoms with Gasteiger partial charge in [-0.2, -0.15) is 13.2 Å². The van der Waals surface area contributed by atoms with Crippen molar-refractivity contribution in [3.05, 3.63) is 91.8 Å². The van der Waals surface area contributed by atoms with Crippen LogP contribution in [0.25, 0.3) is 5.69 Å². The fraction of sp³-hybridized carbons (Fsp3) is 0.250. The first-order valence-electron chi connectivity index (χ1n) is 10.4. The van der Waals surface area contributed by atoms with Gasteiger partial charge in [0.2, 0.25) is 0 Å². The van der Waals surface area contributed by atoms with Crippen LogP contribution in [0.4, 0.5) is 13.2 Å². The van der Waals surface area contributed by atoms with Gasteiger partial charge >= 0.3 is 6.18 Å². The molecule has 0 spiro atoms. The van der Waals surface area contributed by atoms with E-state index in [9.17, 15) is 22.8 Å². The predicted molar refractivity (Wildman–Crippen MR) is 123 cm³/mol. The Balaban J connectivity index is 1.57. The fourth-order valence-corrected chi connectivity index (χ4v) is 4.15. The van der Waals surface area contributed by atoms with E-state index in [1.165, 1.54) is 29.2 Å². The number of nitrogens with zero attached hydrogens (tertiary/aromatic N) is 2. The standard InChI is InChI=1S/C24H19Cl2F3N2O3/c1-14-5-7-19(23(33)31(14)16-4-2-3-15(11-16)24(27,28)29)22(32)30-10-9-18(13-30)34-17-6-8-20(25)21(26)12-17/h2-8,11-12,18H,9-10,13H2,1H3. The summed E-state index contributed by atoms with van der Waals surface area (Å²) in [5.74, 6) is 0.00176. The van der Waals surface area contributed by atoms with Crippen molar-refractivity contribution in [3.8, 4) is 11.4 Å². The van der Waals surface area contributed by atoms with E-state index in [1.807, 2.05) is 0 Å². The average molecular weight is 511 g/mol. The summed E-state index contributed by atoms with van der Waals surface area (Å²) in [5, 5.41) is 0.744. The number of pyridine rings is 1. The van der Waals surface area contributed by atoms with Crippen LogP contribution >= 0.6 is 23.2 Å². The molecule has 1 fully saturated rings. The van der Waals surface area contributed by atoms with Crippen LogP contribution in [-0.2, 0) is 6.18 Å². The summed E-state index contributed by atoms with van der Waals surface area (Å²) in [7, 11) is 0. The highest BCUT2D eigenvalue weighted by atomic mass is 35.5. The number of carbonyl (C=O) groups excluding carboxylic acids is 1. The van der Waals surface area contributed by atoms with E-state index in [2.05, 4.69) is 0 Å². The highest BCUT2D eigenvalue weighted by Crippen LogP contribution is 2.31. The van der Waals surface area contributed by atoms with Crippen LogP contribution in [0.15, 0.2) is 59.4 Å². The third kappa shape index (κ3) is 4.93. The van der Waals surface area contributed by atoms with Crippen molar-refractivity contribution >= 4 is 29.1 Å². The van der Waals surface area contributed by atoms with Crippen molar-refractivity contribution in [2.75, 3.05) is 13.1 Å². The Kier molecular flexibility index (Phi) is 6.64. The van der Waals surface area contributed by atoms with Crippen molar-refractivity contribution in [1.82, 2.24) is 9.47 Å². The number of aromatic nitrogens is 1. The Bertz CT molecular complexity index is 1310. The van der Waals surface area contributed by atoms with Gasteiger partial charge in [0.25, 0.3) is 11.5 Å². The Labute approximate surface area is 203 Å². The van der Waals surface area contributed by atoms with Gasteiger partial charge in [-0.15, -0.1) is 0 Å². The first kappa shape index (κ1) is 24.2. The van der Waals surface area contributed by atoms with Gasteiger partial charge in [0, 0.05) is 30.4 Å². The third-order valence-electron chi connectivity index (χ3n) is 5.57. The lowest BCUT2D eigenvalue weighted by Gasteiger charge is -2.19. The number of alkyl halides is 3. The summed E-state index contributed by atoms with van der Waals surface area (Å²) in [6.07, 6.45) is -4.32. The molecule has 1 saturated heterocycles. The minimum atomic E-state index is -4.56. The van der Waals surface area contributed by atoms with E-state index in [1.54, 1.807) is 25.1 Å². The van der Waals surface area contributed by atoms with Crippen LogP contribution in [0.3, 0.4) is 0 Å². The number of aryl methyl sites for hydroxylation is 1. The van der Waals surface area contributed by atoms with Crippen LogP contribution < -0.4 is 10.3 Å². The maximum Gasteiger partial charge on any atom is 0.416 e. The Morgan fingerprint density at radius 2 is 1.82 bits per heavy atom. The molecule has 1 aliphatic heterocycles. The smallest absolute Gasteiger partial charge is 0.416 e. The lowest BCUT2D eigenvalue weighted by atomic mass is 10.1. The van der Waals surface area contributed by atoms with Crippen LogP contribution in [0.5, 0.6) is 5.75 Å². The van der Waals surface area contributed by atoms with Gasteiger partial charge in [0.05, 0.1) is 22.2 Å². The number of amides is 1. The maximum absolute atomic E-state index is 13.2. The first-order chi connectivity index (χ1) is 16.0. The van der Waals surface area contributed by atoms with Crippen molar-refractivity contribution < 1.29 is 22.7 Å². The molecule has 2 aromatic carbocycles. The van der Waals surface area contributed by atoms with E-state index in [4.69, 9.17) is 27.9 Å². The van der Waals surface area contributed by atoms with Gasteiger partial charge < -0.3 is 9.64 Å². The first-order valence-corrected chi connectivity index (χ1v) is 11.1. The van der Waals surface area contributed by atoms with Crippen molar-refractivity contribution in [3.63, 3.8) is 0 Å². The molecule has 3 aromatic rings. The number of rotatable bonds is 4. The lowest BCUT2D eigenvalue weighted by Crippen LogP contribution is -2.36. The number of likely N-dealkylation sites (tertiary alicyclic amines) is 1. The molecule has 1 aliphatic rings. The summed E-state index contributed by atoms with van der Waals surface area (Å²) in [4.78, 5) is 27.8. The molecule has 1 aromatic heterocycles. The molecular weight excluding hydrogens is 492 g/mol. The zero-order chi connectivity index (χ0) is 24.6. The average Bonchev–Trinajstić information content (AvgIpc) is 3.24. The van der Waals surface area contributed by atoms with Gasteiger partial charge in [0.1, 0.15) is 17.4 Å². The van der Waals surface area contributed by atoms with Gasteiger partial charge in [-0.1, -0.05) is 29.3 Å². The molecule has 34 heavy (non-hydrogen) atoms. The van der Waals surface area contributed by atoms with E-state index in [0.29, 0.717) is 34.5 Å². The summed E-state index contributed by atoms with van der Waals surface area (Å²) in [6, 6.07) is 12.2. The second-order valence-corrected chi connectivity index (χ2v) is 8.75. The fourth-order valence-electron chi connectivity index (χ4n) is 3.86. The van der Waals surface area contributed by atoms with Crippen LogP contribution in [0.1, 0.15) is 28.0 Å². The molecule has 1 amide bonds. The van der Waals surface area contributed by atoms with Crippen LogP contribution in [0.2, 0.25) is 10.0 Å². The molecule has 1 unspecified atom stereocenters. The molecule has 0 saturated carbocycles. The highest BCUT2D eigenvalue weighted by molar-refractivity contribution is 6.42. The number of carbonyl (C=O) groups is 1. The van der Waals surface area contributed by atoms with Gasteiger partial charge in [0.15, 0.2) is 0 Å². The normalized spacial score (nSPS) is 16.1. The number of hydrogen-bond donors (Lipinski definition) is 0. The third-order valence-corrected chi connectivity index (χ3v) is 6.30. The number of benzene rings is 2. The maximum atomic E-state index is 13.2. The number of ether oxygens (including phenoxy) is 1. The molecule has 0 radical (unpaired) electrons. The quantitative estimate of drug-likeness (QED) is 0.448. The van der Waals surface area contributed by atoms with Gasteiger partial charge in [-0.05, 0) is 49.4 Å². The van der Waals surface area contributed by atoms with Gasteiger partial charge in [-0.25, -0.2) is 0 Å². The molecule has 178 valence electrons.